The number of methoxy groups -OCH3 is 1. The van der Waals surface area contributed by atoms with Crippen molar-refractivity contribution in [1.29, 1.82) is 0 Å². The zero-order valence-electron chi connectivity index (χ0n) is 22.2. The van der Waals surface area contributed by atoms with E-state index >= 15 is 0 Å². The topological polar surface area (TPSA) is 130 Å². The maximum Gasteiger partial charge on any atom is 0.407 e. The molecule has 0 bridgehead atoms. The maximum atomic E-state index is 13.1. The van der Waals surface area contributed by atoms with E-state index in [0.29, 0.717) is 46.3 Å². The van der Waals surface area contributed by atoms with Gasteiger partial charge in [-0.3, -0.25) is 9.40 Å². The summed E-state index contributed by atoms with van der Waals surface area (Å²) in [4.78, 5) is 12.4. The molecule has 1 amide bonds. The van der Waals surface area contributed by atoms with Crippen LogP contribution in [0.1, 0.15) is 44.7 Å². The Balaban J connectivity index is 1.33. The Morgan fingerprint density at radius 1 is 1.18 bits per heavy atom. The Kier molecular flexibility index (Phi) is 7.47. The number of ether oxygens (including phenoxy) is 3. The minimum absolute atomic E-state index is 0.126. The standard InChI is InChI=1S/C27H31N5O6S/c1-27(2,3)37-26(33)28-13-18-14-29-32(16-18)15-17-11-21(36-19-9-10-19)24-22(12-17)38-30-25(24)31-39(34)23-8-6-5-7-20(23)35-4/h5-8,11-12,14,16,19H,9-10,13,15H2,1-4H3,(H,28,33)(H,30,31). The Hall–Kier alpha value is -4.06. The molecule has 4 aromatic rings. The van der Waals surface area contributed by atoms with Crippen LogP contribution in [0, 0.1) is 0 Å². The van der Waals surface area contributed by atoms with Crippen LogP contribution in [0.25, 0.3) is 11.0 Å². The molecular weight excluding hydrogens is 522 g/mol. The molecule has 2 N–H and O–H groups in total. The van der Waals surface area contributed by atoms with Crippen molar-refractivity contribution in [3.05, 3.63) is 59.9 Å². The number of hydrogen-bond donors (Lipinski definition) is 2. The minimum atomic E-state index is -1.64. The molecule has 2 aromatic heterocycles. The molecule has 2 heterocycles. The maximum absolute atomic E-state index is 13.1. The van der Waals surface area contributed by atoms with E-state index in [1.54, 1.807) is 29.1 Å². The number of carbonyl (C=O) groups is 1. The van der Waals surface area contributed by atoms with E-state index in [9.17, 15) is 9.00 Å². The molecule has 0 aliphatic heterocycles. The number of nitrogens with zero attached hydrogens (tertiary/aromatic N) is 3. The zero-order valence-corrected chi connectivity index (χ0v) is 23.0. The zero-order chi connectivity index (χ0) is 27.6. The Morgan fingerprint density at radius 3 is 2.72 bits per heavy atom. The molecule has 0 spiro atoms. The normalized spacial score (nSPS) is 14.2. The van der Waals surface area contributed by atoms with Gasteiger partial charge in [-0.05, 0) is 63.4 Å². The van der Waals surface area contributed by atoms with Gasteiger partial charge in [-0.15, -0.1) is 0 Å². The van der Waals surface area contributed by atoms with Crippen molar-refractivity contribution in [2.24, 2.45) is 0 Å². The molecule has 206 valence electrons. The fraction of sp³-hybridized carbons (Fsp3) is 0.370. The number of para-hydroxylation sites is 1. The lowest BCUT2D eigenvalue weighted by Crippen LogP contribution is -2.32. The molecule has 1 aliphatic carbocycles. The number of hydrogen-bond acceptors (Lipinski definition) is 8. The van der Waals surface area contributed by atoms with Crippen LogP contribution < -0.4 is 19.5 Å². The molecule has 11 nitrogen and oxygen atoms in total. The molecule has 1 unspecified atom stereocenters. The second kappa shape index (κ2) is 11.0. The quantitative estimate of drug-likeness (QED) is 0.287. The number of aromatic nitrogens is 3. The van der Waals surface area contributed by atoms with Gasteiger partial charge in [-0.2, -0.15) is 5.10 Å². The van der Waals surface area contributed by atoms with E-state index in [2.05, 4.69) is 20.3 Å². The predicted molar refractivity (Wildman–Crippen MR) is 145 cm³/mol. The molecule has 1 fully saturated rings. The van der Waals surface area contributed by atoms with E-state index < -0.39 is 22.7 Å². The van der Waals surface area contributed by atoms with Crippen molar-refractivity contribution < 1.29 is 27.7 Å². The number of fused-ring (bicyclic) bond motifs is 1. The number of rotatable bonds is 10. The predicted octanol–water partition coefficient (Wildman–Crippen LogP) is 4.78. The monoisotopic (exact) mass is 553 g/mol. The van der Waals surface area contributed by atoms with Gasteiger partial charge in [-0.1, -0.05) is 17.3 Å². The second-order valence-corrected chi connectivity index (χ2v) is 11.4. The van der Waals surface area contributed by atoms with Crippen molar-refractivity contribution in [1.82, 2.24) is 20.3 Å². The summed E-state index contributed by atoms with van der Waals surface area (Å²) in [6, 6.07) is 10.9. The molecule has 1 aliphatic rings. The molecule has 0 saturated heterocycles. The largest absolute Gasteiger partial charge is 0.495 e. The van der Waals surface area contributed by atoms with Crippen LogP contribution in [0.15, 0.2) is 58.2 Å². The highest BCUT2D eigenvalue weighted by atomic mass is 32.2. The molecule has 2 aromatic carbocycles. The number of nitrogens with one attached hydrogen (secondary N) is 2. The third kappa shape index (κ3) is 6.69. The minimum Gasteiger partial charge on any atom is -0.495 e. The van der Waals surface area contributed by atoms with Crippen LogP contribution in [0.4, 0.5) is 10.6 Å². The summed E-state index contributed by atoms with van der Waals surface area (Å²) in [6.45, 7) is 6.19. The first-order valence-corrected chi connectivity index (χ1v) is 13.7. The van der Waals surface area contributed by atoms with E-state index in [0.717, 1.165) is 24.0 Å². The third-order valence-corrected chi connectivity index (χ3v) is 6.86. The van der Waals surface area contributed by atoms with Gasteiger partial charge in [0.15, 0.2) is 22.4 Å². The van der Waals surface area contributed by atoms with Gasteiger partial charge >= 0.3 is 6.09 Å². The number of carbonyl (C=O) groups excluding carboxylic acids is 1. The molecule has 39 heavy (non-hydrogen) atoms. The lowest BCUT2D eigenvalue weighted by atomic mass is 10.1. The smallest absolute Gasteiger partial charge is 0.407 e. The summed E-state index contributed by atoms with van der Waals surface area (Å²) in [7, 11) is -0.105. The molecule has 5 rings (SSSR count). The molecular formula is C27H31N5O6S. The first kappa shape index (κ1) is 26.5. The van der Waals surface area contributed by atoms with Gasteiger partial charge < -0.3 is 24.1 Å². The summed E-state index contributed by atoms with van der Waals surface area (Å²) in [5.41, 5.74) is 1.66. The summed E-state index contributed by atoms with van der Waals surface area (Å²) >= 11 is 0. The summed E-state index contributed by atoms with van der Waals surface area (Å²) in [6.07, 6.45) is 5.14. The van der Waals surface area contributed by atoms with E-state index in [-0.39, 0.29) is 6.10 Å². The first-order chi connectivity index (χ1) is 18.7. The van der Waals surface area contributed by atoms with Crippen molar-refractivity contribution in [3.63, 3.8) is 0 Å². The average molecular weight is 554 g/mol. The van der Waals surface area contributed by atoms with E-state index in [1.165, 1.54) is 7.11 Å². The van der Waals surface area contributed by atoms with Gasteiger partial charge in [0.25, 0.3) is 0 Å². The second-order valence-electron chi connectivity index (χ2n) is 10.2. The summed E-state index contributed by atoms with van der Waals surface area (Å²) in [5.74, 6) is 1.43. The van der Waals surface area contributed by atoms with Gasteiger partial charge in [0.05, 0.1) is 26.0 Å². The Bertz CT molecular complexity index is 1500. The van der Waals surface area contributed by atoms with Gasteiger partial charge in [0.1, 0.15) is 27.4 Å². The summed E-state index contributed by atoms with van der Waals surface area (Å²) < 4.78 is 40.3. The number of benzene rings is 2. The highest BCUT2D eigenvalue weighted by Crippen LogP contribution is 2.38. The summed E-state index contributed by atoms with van der Waals surface area (Å²) in [5, 5.41) is 11.9. The van der Waals surface area contributed by atoms with Crippen LogP contribution in [0.5, 0.6) is 11.5 Å². The van der Waals surface area contributed by atoms with Crippen LogP contribution in [-0.4, -0.2) is 44.1 Å². The molecule has 1 saturated carbocycles. The molecule has 12 heteroatoms. The van der Waals surface area contributed by atoms with Crippen LogP contribution in [-0.2, 0) is 28.8 Å². The third-order valence-electron chi connectivity index (χ3n) is 5.74. The molecule has 0 radical (unpaired) electrons. The van der Waals surface area contributed by atoms with Gasteiger partial charge in [0.2, 0.25) is 0 Å². The van der Waals surface area contributed by atoms with Crippen LogP contribution in [0.2, 0.25) is 0 Å². The SMILES string of the molecule is COc1ccccc1S(=O)Nc1noc2cc(Cn3cc(CNC(=O)OC(C)(C)C)cn3)cc(OC3CC3)c12. The van der Waals surface area contributed by atoms with Crippen molar-refractivity contribution in [3.8, 4) is 11.5 Å². The number of amides is 1. The first-order valence-electron chi connectivity index (χ1n) is 12.6. The number of anilines is 1. The Labute approximate surface area is 228 Å². The van der Waals surface area contributed by atoms with Crippen LogP contribution >= 0.6 is 0 Å². The van der Waals surface area contributed by atoms with Crippen molar-refractivity contribution >= 4 is 33.9 Å². The Morgan fingerprint density at radius 2 is 1.97 bits per heavy atom. The highest BCUT2D eigenvalue weighted by molar-refractivity contribution is 7.86. The molecule has 1 atom stereocenters. The average Bonchev–Trinajstić information content (AvgIpc) is 3.44. The van der Waals surface area contributed by atoms with E-state index in [1.807, 2.05) is 45.2 Å². The lowest BCUT2D eigenvalue weighted by molar-refractivity contribution is 0.0523. The van der Waals surface area contributed by atoms with Gasteiger partial charge in [0, 0.05) is 18.3 Å². The number of alkyl carbamates (subject to hydrolysis) is 1. The van der Waals surface area contributed by atoms with Crippen molar-refractivity contribution in [2.45, 2.75) is 63.3 Å². The van der Waals surface area contributed by atoms with Gasteiger partial charge in [-0.25, -0.2) is 9.00 Å². The fourth-order valence-corrected chi connectivity index (χ4v) is 4.84. The van der Waals surface area contributed by atoms with Crippen molar-refractivity contribution in [2.75, 3.05) is 11.8 Å². The lowest BCUT2D eigenvalue weighted by Gasteiger charge is -2.19. The van der Waals surface area contributed by atoms with Crippen LogP contribution in [0.3, 0.4) is 0 Å². The fourth-order valence-electron chi connectivity index (χ4n) is 3.88. The van der Waals surface area contributed by atoms with E-state index in [4.69, 9.17) is 18.7 Å². The highest BCUT2D eigenvalue weighted by Gasteiger charge is 2.27.